The second-order valence-corrected chi connectivity index (χ2v) is 3.34. The van der Waals surface area contributed by atoms with Gasteiger partial charge in [-0.3, -0.25) is 0 Å². The Morgan fingerprint density at radius 1 is 1.36 bits per heavy atom. The van der Waals surface area contributed by atoms with Crippen LogP contribution in [0.4, 0.5) is 0 Å². The predicted octanol–water partition coefficient (Wildman–Crippen LogP) is 1.76. The van der Waals surface area contributed by atoms with Gasteiger partial charge < -0.3 is 14.8 Å². The monoisotopic (exact) mass is 213 g/mol. The molecule has 0 aromatic heterocycles. The van der Waals surface area contributed by atoms with E-state index in [2.05, 4.69) is 5.32 Å². The predicted molar refractivity (Wildman–Crippen MR) is 60.0 cm³/mol. The van der Waals surface area contributed by atoms with Crippen LogP contribution in [0.15, 0.2) is 23.2 Å². The SMILES string of the molecule is CNC(=S)C1=C(OC)CCC(OC)=C1. The van der Waals surface area contributed by atoms with E-state index in [1.165, 1.54) is 0 Å². The Bertz CT molecular complexity index is 294. The fraction of sp³-hybridized carbons (Fsp3) is 0.500. The van der Waals surface area contributed by atoms with Crippen molar-refractivity contribution in [3.05, 3.63) is 23.2 Å². The Labute approximate surface area is 89.8 Å². The van der Waals surface area contributed by atoms with Gasteiger partial charge in [-0.05, 0) is 6.08 Å². The number of nitrogens with one attached hydrogen (secondary N) is 1. The van der Waals surface area contributed by atoms with Crippen molar-refractivity contribution in [2.45, 2.75) is 12.8 Å². The minimum Gasteiger partial charge on any atom is -0.501 e. The number of rotatable bonds is 3. The summed E-state index contributed by atoms with van der Waals surface area (Å²) in [5, 5.41) is 2.94. The summed E-state index contributed by atoms with van der Waals surface area (Å²) in [6.45, 7) is 0. The topological polar surface area (TPSA) is 30.5 Å². The van der Waals surface area contributed by atoms with Crippen LogP contribution in [-0.4, -0.2) is 26.3 Å². The highest BCUT2D eigenvalue weighted by Gasteiger charge is 2.16. The van der Waals surface area contributed by atoms with Crippen LogP contribution in [0.25, 0.3) is 0 Å². The molecule has 1 rings (SSSR count). The molecule has 14 heavy (non-hydrogen) atoms. The summed E-state index contributed by atoms with van der Waals surface area (Å²) in [5.41, 5.74) is 0.924. The summed E-state index contributed by atoms with van der Waals surface area (Å²) < 4.78 is 10.5. The van der Waals surface area contributed by atoms with E-state index in [-0.39, 0.29) is 0 Å². The van der Waals surface area contributed by atoms with Gasteiger partial charge in [0, 0.05) is 25.5 Å². The highest BCUT2D eigenvalue weighted by Crippen LogP contribution is 2.25. The fourth-order valence-corrected chi connectivity index (χ4v) is 1.56. The first-order valence-electron chi connectivity index (χ1n) is 4.46. The Balaban J connectivity index is 2.98. The molecule has 0 amide bonds. The summed E-state index contributed by atoms with van der Waals surface area (Å²) in [6.07, 6.45) is 3.64. The molecule has 0 aliphatic heterocycles. The van der Waals surface area contributed by atoms with Crippen LogP contribution < -0.4 is 5.32 Å². The molecule has 0 heterocycles. The molecule has 1 N–H and O–H groups in total. The Morgan fingerprint density at radius 2 is 2.07 bits per heavy atom. The van der Waals surface area contributed by atoms with E-state index in [0.717, 1.165) is 29.9 Å². The Morgan fingerprint density at radius 3 is 2.57 bits per heavy atom. The Kier molecular flexibility index (Phi) is 3.95. The number of hydrogen-bond acceptors (Lipinski definition) is 3. The molecule has 0 aromatic carbocycles. The maximum Gasteiger partial charge on any atom is 0.109 e. The first kappa shape index (κ1) is 11.0. The van der Waals surface area contributed by atoms with Crippen LogP contribution in [0.1, 0.15) is 12.8 Å². The molecule has 0 saturated carbocycles. The number of likely N-dealkylation sites (N-methyl/N-ethyl adjacent to an activating group) is 1. The molecule has 0 spiro atoms. The van der Waals surface area contributed by atoms with Gasteiger partial charge in [0.25, 0.3) is 0 Å². The van der Waals surface area contributed by atoms with E-state index in [1.54, 1.807) is 21.3 Å². The van der Waals surface area contributed by atoms with Gasteiger partial charge in [-0.2, -0.15) is 0 Å². The van der Waals surface area contributed by atoms with Crippen molar-refractivity contribution in [1.82, 2.24) is 5.32 Å². The number of ether oxygens (including phenoxy) is 2. The minimum atomic E-state index is 0.691. The van der Waals surface area contributed by atoms with E-state index in [0.29, 0.717) is 4.99 Å². The summed E-state index contributed by atoms with van der Waals surface area (Å²) in [6, 6.07) is 0. The van der Waals surface area contributed by atoms with Gasteiger partial charge in [-0.1, -0.05) is 12.2 Å². The third kappa shape index (κ3) is 2.26. The molecular formula is C10H15NO2S. The van der Waals surface area contributed by atoms with Crippen molar-refractivity contribution in [3.8, 4) is 0 Å². The maximum atomic E-state index is 5.27. The lowest BCUT2D eigenvalue weighted by Crippen LogP contribution is -2.20. The largest absolute Gasteiger partial charge is 0.501 e. The maximum absolute atomic E-state index is 5.27. The van der Waals surface area contributed by atoms with Crippen molar-refractivity contribution in [1.29, 1.82) is 0 Å². The van der Waals surface area contributed by atoms with Crippen molar-refractivity contribution in [2.75, 3.05) is 21.3 Å². The van der Waals surface area contributed by atoms with Gasteiger partial charge >= 0.3 is 0 Å². The van der Waals surface area contributed by atoms with E-state index < -0.39 is 0 Å². The van der Waals surface area contributed by atoms with Crippen LogP contribution in [0.5, 0.6) is 0 Å². The number of allylic oxidation sites excluding steroid dienone is 2. The molecule has 0 aromatic rings. The minimum absolute atomic E-state index is 0.691. The third-order valence-electron chi connectivity index (χ3n) is 2.18. The molecule has 0 saturated heterocycles. The van der Waals surface area contributed by atoms with Crippen LogP contribution >= 0.6 is 12.2 Å². The van der Waals surface area contributed by atoms with Gasteiger partial charge in [0.2, 0.25) is 0 Å². The number of hydrogen-bond donors (Lipinski definition) is 1. The van der Waals surface area contributed by atoms with Crippen molar-refractivity contribution < 1.29 is 9.47 Å². The lowest BCUT2D eigenvalue weighted by atomic mass is 10.0. The van der Waals surface area contributed by atoms with E-state index in [1.807, 2.05) is 6.08 Å². The summed E-state index contributed by atoms with van der Waals surface area (Å²) in [7, 11) is 5.14. The quantitative estimate of drug-likeness (QED) is 0.724. The number of thiocarbonyl (C=S) groups is 1. The molecule has 0 fully saturated rings. The van der Waals surface area contributed by atoms with Gasteiger partial charge in [0.15, 0.2) is 0 Å². The van der Waals surface area contributed by atoms with Crippen LogP contribution in [0, 0.1) is 0 Å². The van der Waals surface area contributed by atoms with Crippen LogP contribution in [0.2, 0.25) is 0 Å². The molecule has 0 bridgehead atoms. The highest BCUT2D eigenvalue weighted by molar-refractivity contribution is 7.80. The van der Waals surface area contributed by atoms with Crippen molar-refractivity contribution >= 4 is 17.2 Å². The molecular weight excluding hydrogens is 198 g/mol. The molecule has 0 radical (unpaired) electrons. The summed E-state index contributed by atoms with van der Waals surface area (Å²) in [4.78, 5) is 0.691. The molecule has 78 valence electrons. The zero-order valence-corrected chi connectivity index (χ0v) is 9.53. The molecule has 1 aliphatic carbocycles. The second-order valence-electron chi connectivity index (χ2n) is 2.93. The average Bonchev–Trinajstić information content (AvgIpc) is 2.27. The molecule has 3 nitrogen and oxygen atoms in total. The molecule has 0 unspecified atom stereocenters. The third-order valence-corrected chi connectivity index (χ3v) is 2.61. The first-order valence-corrected chi connectivity index (χ1v) is 4.87. The molecule has 1 aliphatic rings. The number of methoxy groups -OCH3 is 2. The average molecular weight is 213 g/mol. The van der Waals surface area contributed by atoms with Crippen molar-refractivity contribution in [3.63, 3.8) is 0 Å². The van der Waals surface area contributed by atoms with Gasteiger partial charge in [0.1, 0.15) is 10.7 Å². The molecule has 4 heteroatoms. The van der Waals surface area contributed by atoms with Gasteiger partial charge in [-0.15, -0.1) is 0 Å². The van der Waals surface area contributed by atoms with Crippen molar-refractivity contribution in [2.24, 2.45) is 0 Å². The van der Waals surface area contributed by atoms with E-state index >= 15 is 0 Å². The lowest BCUT2D eigenvalue weighted by molar-refractivity contribution is 0.242. The highest BCUT2D eigenvalue weighted by atomic mass is 32.1. The lowest BCUT2D eigenvalue weighted by Gasteiger charge is -2.18. The second kappa shape index (κ2) is 5.00. The van der Waals surface area contributed by atoms with Crippen LogP contribution in [0.3, 0.4) is 0 Å². The summed E-state index contributed by atoms with van der Waals surface area (Å²) in [5.74, 6) is 1.86. The van der Waals surface area contributed by atoms with Gasteiger partial charge in [-0.25, -0.2) is 0 Å². The standard InChI is InChI=1S/C10H15NO2S/c1-11-10(14)8-6-7(12-2)4-5-9(8)13-3/h6H,4-5H2,1-3H3,(H,11,14). The van der Waals surface area contributed by atoms with E-state index in [4.69, 9.17) is 21.7 Å². The van der Waals surface area contributed by atoms with Gasteiger partial charge in [0.05, 0.1) is 20.0 Å². The van der Waals surface area contributed by atoms with Crippen LogP contribution in [-0.2, 0) is 9.47 Å². The fourth-order valence-electron chi connectivity index (χ4n) is 1.38. The van der Waals surface area contributed by atoms with E-state index in [9.17, 15) is 0 Å². The molecule has 0 atom stereocenters. The zero-order valence-electron chi connectivity index (χ0n) is 8.72. The summed E-state index contributed by atoms with van der Waals surface area (Å²) >= 11 is 5.17. The smallest absolute Gasteiger partial charge is 0.109 e. The Hall–Kier alpha value is -1.03. The zero-order chi connectivity index (χ0) is 10.6. The first-order chi connectivity index (χ1) is 6.72. The normalized spacial score (nSPS) is 16.1.